The molecule has 2 atom stereocenters. The van der Waals surface area contributed by atoms with Crippen molar-refractivity contribution < 1.29 is 9.00 Å². The van der Waals surface area contributed by atoms with Crippen LogP contribution in [0.4, 0.5) is 9.93 Å². The first kappa shape index (κ1) is 14.5. The first-order valence-corrected chi connectivity index (χ1v) is 9.26. The van der Waals surface area contributed by atoms with Crippen molar-refractivity contribution in [2.45, 2.75) is 25.8 Å². The molecule has 0 aliphatic carbocycles. The molecule has 2 amide bonds. The third-order valence-corrected chi connectivity index (χ3v) is 5.90. The highest BCUT2D eigenvalue weighted by molar-refractivity contribution is 7.85. The Bertz CT molecular complexity index is 699. The number of carbonyl (C=O) groups excluding carboxylic acids is 1. The van der Waals surface area contributed by atoms with E-state index in [4.69, 9.17) is 0 Å². The molecule has 21 heavy (non-hydrogen) atoms. The number of hydrogen-bond donors (Lipinski definition) is 2. The molecule has 1 aromatic carbocycles. The Morgan fingerprint density at radius 2 is 2.38 bits per heavy atom. The lowest BCUT2D eigenvalue weighted by Gasteiger charge is -2.10. The molecule has 1 aliphatic heterocycles. The van der Waals surface area contributed by atoms with Crippen molar-refractivity contribution in [1.82, 2.24) is 10.3 Å². The van der Waals surface area contributed by atoms with E-state index in [1.165, 1.54) is 16.9 Å². The maximum Gasteiger partial charge on any atom is 0.321 e. The summed E-state index contributed by atoms with van der Waals surface area (Å²) in [4.78, 5) is 16.3. The van der Waals surface area contributed by atoms with Crippen molar-refractivity contribution in [3.63, 3.8) is 0 Å². The number of aromatic nitrogens is 1. The Balaban J connectivity index is 1.66. The number of nitrogens with one attached hydrogen (secondary N) is 2. The monoisotopic (exact) mass is 323 g/mol. The summed E-state index contributed by atoms with van der Waals surface area (Å²) < 4.78 is 12.4. The number of anilines is 1. The fraction of sp³-hybridized carbons (Fsp3) is 0.429. The number of nitrogens with zero attached hydrogens (tertiary/aromatic N) is 1. The number of carbonyl (C=O) groups is 1. The molecule has 1 aromatic heterocycles. The fourth-order valence-electron chi connectivity index (χ4n) is 2.34. The standard InChI is InChI=1S/C14H17N3O2S2/c1-2-9-3-4-11-12(7-9)20-14(16-11)17-13(18)15-10-5-6-21(19)8-10/h3-4,7,10H,2,5-6,8H2,1H3,(H2,15,16,17,18)/t10-,21+/m0/s1. The molecule has 2 aromatic rings. The molecule has 3 rings (SSSR count). The second-order valence-electron chi connectivity index (χ2n) is 5.07. The number of benzene rings is 1. The van der Waals surface area contributed by atoms with Crippen molar-refractivity contribution in [3.05, 3.63) is 23.8 Å². The van der Waals surface area contributed by atoms with Crippen LogP contribution in [0.2, 0.25) is 0 Å². The molecule has 1 fully saturated rings. The van der Waals surface area contributed by atoms with Crippen molar-refractivity contribution in [3.8, 4) is 0 Å². The first-order valence-electron chi connectivity index (χ1n) is 6.96. The van der Waals surface area contributed by atoms with Crippen LogP contribution in [0.3, 0.4) is 0 Å². The number of urea groups is 1. The molecule has 1 aliphatic rings. The van der Waals surface area contributed by atoms with E-state index in [0.717, 1.165) is 23.1 Å². The zero-order chi connectivity index (χ0) is 14.8. The van der Waals surface area contributed by atoms with Crippen LogP contribution >= 0.6 is 11.3 Å². The molecule has 1 saturated heterocycles. The van der Waals surface area contributed by atoms with Crippen molar-refractivity contribution in [1.29, 1.82) is 0 Å². The number of amides is 2. The zero-order valence-corrected chi connectivity index (χ0v) is 13.4. The van der Waals surface area contributed by atoms with Gasteiger partial charge in [0.15, 0.2) is 5.13 Å². The van der Waals surface area contributed by atoms with Gasteiger partial charge in [0.2, 0.25) is 0 Å². The van der Waals surface area contributed by atoms with Gasteiger partial charge >= 0.3 is 6.03 Å². The first-order chi connectivity index (χ1) is 10.1. The number of hydrogen-bond acceptors (Lipinski definition) is 4. The molecular formula is C14H17N3O2S2. The van der Waals surface area contributed by atoms with E-state index in [2.05, 4.69) is 34.7 Å². The van der Waals surface area contributed by atoms with Gasteiger partial charge in [0.25, 0.3) is 0 Å². The second-order valence-corrected chi connectivity index (χ2v) is 7.72. The van der Waals surface area contributed by atoms with Gasteiger partial charge in [-0.2, -0.15) is 0 Å². The molecule has 7 heteroatoms. The predicted molar refractivity (Wildman–Crippen MR) is 87.4 cm³/mol. The average Bonchev–Trinajstić information content (AvgIpc) is 3.03. The van der Waals surface area contributed by atoms with Gasteiger partial charge in [-0.1, -0.05) is 24.3 Å². The maximum absolute atomic E-state index is 11.9. The molecule has 0 spiro atoms. The molecule has 2 N–H and O–H groups in total. The van der Waals surface area contributed by atoms with Crippen LogP contribution in [-0.4, -0.2) is 32.8 Å². The smallest absolute Gasteiger partial charge is 0.321 e. The van der Waals surface area contributed by atoms with Crippen LogP contribution in [0.5, 0.6) is 0 Å². The molecule has 0 unspecified atom stereocenters. The van der Waals surface area contributed by atoms with Crippen LogP contribution in [0.25, 0.3) is 10.2 Å². The number of aryl methyl sites for hydroxylation is 1. The van der Waals surface area contributed by atoms with Gasteiger partial charge in [-0.3, -0.25) is 9.53 Å². The Labute approximate surface area is 129 Å². The SMILES string of the molecule is CCc1ccc2nc(NC(=O)N[C@H]3CC[S@@](=O)C3)sc2c1. The van der Waals surface area contributed by atoms with E-state index in [1.807, 2.05) is 6.07 Å². The van der Waals surface area contributed by atoms with Gasteiger partial charge in [-0.25, -0.2) is 9.78 Å². The Hall–Kier alpha value is -1.47. The minimum absolute atomic E-state index is 0.00639. The molecule has 0 saturated carbocycles. The minimum atomic E-state index is -0.788. The molecule has 5 nitrogen and oxygen atoms in total. The fourth-order valence-corrected chi connectivity index (χ4v) is 4.68. The molecule has 2 heterocycles. The van der Waals surface area contributed by atoms with E-state index in [9.17, 15) is 9.00 Å². The number of fused-ring (bicyclic) bond motifs is 1. The van der Waals surface area contributed by atoms with Gasteiger partial charge < -0.3 is 5.32 Å². The largest absolute Gasteiger partial charge is 0.334 e. The molecule has 0 bridgehead atoms. The third-order valence-electron chi connectivity index (χ3n) is 3.50. The Morgan fingerprint density at radius 1 is 1.52 bits per heavy atom. The van der Waals surface area contributed by atoms with Crippen LogP contribution in [-0.2, 0) is 17.2 Å². The van der Waals surface area contributed by atoms with Gasteiger partial charge in [-0.15, -0.1) is 0 Å². The normalized spacial score (nSPS) is 21.6. The number of thiazole rings is 1. The highest BCUT2D eigenvalue weighted by Gasteiger charge is 2.22. The molecule has 0 radical (unpaired) electrons. The lowest BCUT2D eigenvalue weighted by Crippen LogP contribution is -2.38. The predicted octanol–water partition coefficient (Wildman–Crippen LogP) is 2.50. The average molecular weight is 323 g/mol. The topological polar surface area (TPSA) is 71.1 Å². The quantitative estimate of drug-likeness (QED) is 0.911. The summed E-state index contributed by atoms with van der Waals surface area (Å²) >= 11 is 1.47. The summed E-state index contributed by atoms with van der Waals surface area (Å²) in [7, 11) is -0.788. The summed E-state index contributed by atoms with van der Waals surface area (Å²) in [6.07, 6.45) is 1.76. The Kier molecular flexibility index (Phi) is 4.21. The van der Waals surface area contributed by atoms with E-state index < -0.39 is 10.8 Å². The van der Waals surface area contributed by atoms with E-state index in [1.54, 1.807) is 0 Å². The van der Waals surface area contributed by atoms with E-state index in [0.29, 0.717) is 16.6 Å². The van der Waals surface area contributed by atoms with Crippen molar-refractivity contribution in [2.75, 3.05) is 16.8 Å². The van der Waals surface area contributed by atoms with Crippen LogP contribution < -0.4 is 10.6 Å². The van der Waals surface area contributed by atoms with Crippen LogP contribution in [0, 0.1) is 0 Å². The third kappa shape index (κ3) is 3.41. The van der Waals surface area contributed by atoms with Crippen LogP contribution in [0.1, 0.15) is 18.9 Å². The van der Waals surface area contributed by atoms with Crippen molar-refractivity contribution in [2.24, 2.45) is 0 Å². The summed E-state index contributed by atoms with van der Waals surface area (Å²) in [6.45, 7) is 2.11. The van der Waals surface area contributed by atoms with Crippen molar-refractivity contribution >= 4 is 43.5 Å². The number of rotatable bonds is 3. The summed E-state index contributed by atoms with van der Waals surface area (Å²) in [5.41, 5.74) is 2.16. The molecular weight excluding hydrogens is 306 g/mol. The maximum atomic E-state index is 11.9. The van der Waals surface area contributed by atoms with E-state index in [-0.39, 0.29) is 12.1 Å². The summed E-state index contributed by atoms with van der Waals surface area (Å²) in [5, 5.41) is 6.21. The minimum Gasteiger partial charge on any atom is -0.334 e. The lowest BCUT2D eigenvalue weighted by molar-refractivity contribution is 0.249. The van der Waals surface area contributed by atoms with Crippen LogP contribution in [0.15, 0.2) is 18.2 Å². The van der Waals surface area contributed by atoms with Gasteiger partial charge in [0.05, 0.1) is 10.2 Å². The summed E-state index contributed by atoms with van der Waals surface area (Å²) in [5.74, 6) is 1.22. The highest BCUT2D eigenvalue weighted by atomic mass is 32.2. The van der Waals surface area contributed by atoms with Gasteiger partial charge in [-0.05, 0) is 30.5 Å². The van der Waals surface area contributed by atoms with Gasteiger partial charge in [0.1, 0.15) is 0 Å². The second kappa shape index (κ2) is 6.11. The van der Waals surface area contributed by atoms with Gasteiger partial charge in [0, 0.05) is 28.3 Å². The van der Waals surface area contributed by atoms with E-state index >= 15 is 0 Å². The lowest BCUT2D eigenvalue weighted by atomic mass is 10.2. The zero-order valence-electron chi connectivity index (χ0n) is 11.7. The summed E-state index contributed by atoms with van der Waals surface area (Å²) in [6, 6.07) is 5.88. The Morgan fingerprint density at radius 3 is 3.10 bits per heavy atom. The highest BCUT2D eigenvalue weighted by Crippen LogP contribution is 2.27. The molecule has 112 valence electrons.